The second-order valence-corrected chi connectivity index (χ2v) is 3.75. The molecule has 1 aromatic rings. The predicted molar refractivity (Wildman–Crippen MR) is 52.0 cm³/mol. The fourth-order valence-corrected chi connectivity index (χ4v) is 1.39. The van der Waals surface area contributed by atoms with Gasteiger partial charge in [0.1, 0.15) is 5.76 Å². The minimum Gasteiger partial charge on any atom is -0.481 e. The third kappa shape index (κ3) is 1.96. The Kier molecular flexibility index (Phi) is 2.96. The number of carbonyl (C=O) groups is 1. The zero-order valence-electron chi connectivity index (χ0n) is 8.36. The van der Waals surface area contributed by atoms with Crippen molar-refractivity contribution < 1.29 is 14.3 Å². The van der Waals surface area contributed by atoms with Gasteiger partial charge in [0.05, 0.1) is 18.1 Å². The van der Waals surface area contributed by atoms with Crippen LogP contribution in [-0.4, -0.2) is 17.1 Å². The number of aliphatic carboxylic acids is 1. The molecule has 0 bridgehead atoms. The Morgan fingerprint density at radius 3 is 2.79 bits per heavy atom. The Bertz CT molecular complexity index is 305. The van der Waals surface area contributed by atoms with Crippen molar-refractivity contribution in [2.45, 2.75) is 31.7 Å². The molecule has 2 unspecified atom stereocenters. The summed E-state index contributed by atoms with van der Waals surface area (Å²) in [5.41, 5.74) is 5.14. The lowest BCUT2D eigenvalue weighted by atomic mass is 9.78. The van der Waals surface area contributed by atoms with Gasteiger partial charge in [0.25, 0.3) is 0 Å². The van der Waals surface area contributed by atoms with Crippen LogP contribution in [0, 0.1) is 0 Å². The molecule has 0 fully saturated rings. The van der Waals surface area contributed by atoms with Crippen molar-refractivity contribution in [2.75, 3.05) is 0 Å². The van der Waals surface area contributed by atoms with Crippen LogP contribution in [0.15, 0.2) is 22.8 Å². The van der Waals surface area contributed by atoms with Crippen molar-refractivity contribution in [3.05, 3.63) is 24.2 Å². The molecule has 1 heterocycles. The molecule has 4 nitrogen and oxygen atoms in total. The fraction of sp³-hybridized carbons (Fsp3) is 0.500. The van der Waals surface area contributed by atoms with E-state index in [1.165, 1.54) is 6.26 Å². The molecule has 2 atom stereocenters. The SMILES string of the molecule is CC(N)C(C)(CC(=O)O)c1ccco1. The largest absolute Gasteiger partial charge is 0.481 e. The molecule has 0 amide bonds. The quantitative estimate of drug-likeness (QED) is 0.764. The highest BCUT2D eigenvalue weighted by molar-refractivity contribution is 5.69. The summed E-state index contributed by atoms with van der Waals surface area (Å²) < 4.78 is 5.22. The van der Waals surface area contributed by atoms with Gasteiger partial charge in [-0.3, -0.25) is 4.79 Å². The smallest absolute Gasteiger partial charge is 0.304 e. The van der Waals surface area contributed by atoms with Gasteiger partial charge in [-0.2, -0.15) is 0 Å². The van der Waals surface area contributed by atoms with Crippen LogP contribution in [0.3, 0.4) is 0 Å². The highest BCUT2D eigenvalue weighted by Gasteiger charge is 2.36. The van der Waals surface area contributed by atoms with Crippen molar-refractivity contribution in [1.29, 1.82) is 0 Å². The highest BCUT2D eigenvalue weighted by atomic mass is 16.4. The lowest BCUT2D eigenvalue weighted by Gasteiger charge is -2.29. The first kappa shape index (κ1) is 10.8. The van der Waals surface area contributed by atoms with Crippen LogP contribution in [-0.2, 0) is 10.2 Å². The number of nitrogens with two attached hydrogens (primary N) is 1. The van der Waals surface area contributed by atoms with Crippen LogP contribution >= 0.6 is 0 Å². The molecule has 3 N–H and O–H groups in total. The van der Waals surface area contributed by atoms with Crippen molar-refractivity contribution in [3.8, 4) is 0 Å². The third-order valence-electron chi connectivity index (χ3n) is 2.61. The minimum atomic E-state index is -0.874. The van der Waals surface area contributed by atoms with E-state index >= 15 is 0 Å². The minimum absolute atomic E-state index is 0.0296. The van der Waals surface area contributed by atoms with E-state index in [2.05, 4.69) is 0 Å². The fourth-order valence-electron chi connectivity index (χ4n) is 1.39. The number of carboxylic acids is 1. The molecule has 14 heavy (non-hydrogen) atoms. The summed E-state index contributed by atoms with van der Waals surface area (Å²) in [5, 5.41) is 8.80. The van der Waals surface area contributed by atoms with Gasteiger partial charge in [-0.05, 0) is 19.1 Å². The molecule has 0 saturated carbocycles. The molecule has 4 heteroatoms. The van der Waals surface area contributed by atoms with Gasteiger partial charge in [0.2, 0.25) is 0 Å². The number of hydrogen-bond donors (Lipinski definition) is 2. The summed E-state index contributed by atoms with van der Waals surface area (Å²) in [6.07, 6.45) is 1.50. The van der Waals surface area contributed by atoms with E-state index in [4.69, 9.17) is 15.3 Å². The van der Waals surface area contributed by atoms with Crippen molar-refractivity contribution in [1.82, 2.24) is 0 Å². The standard InChI is InChI=1S/C10H15NO3/c1-7(11)10(2,6-9(12)13)8-4-3-5-14-8/h3-5,7H,6,11H2,1-2H3,(H,12,13). The second-order valence-electron chi connectivity index (χ2n) is 3.75. The molecule has 0 spiro atoms. The van der Waals surface area contributed by atoms with Crippen molar-refractivity contribution in [2.24, 2.45) is 5.73 Å². The molecule has 0 saturated heterocycles. The Morgan fingerprint density at radius 1 is 1.79 bits per heavy atom. The number of hydrogen-bond acceptors (Lipinski definition) is 3. The van der Waals surface area contributed by atoms with Crippen LogP contribution in [0.1, 0.15) is 26.0 Å². The molecule has 1 rings (SSSR count). The number of carboxylic acid groups (broad SMARTS) is 1. The molecule has 0 aromatic carbocycles. The van der Waals surface area contributed by atoms with E-state index in [0.717, 1.165) is 0 Å². The van der Waals surface area contributed by atoms with Crippen molar-refractivity contribution >= 4 is 5.97 Å². The monoisotopic (exact) mass is 197 g/mol. The molecule has 0 aliphatic carbocycles. The number of furan rings is 1. The second kappa shape index (κ2) is 3.84. The lowest BCUT2D eigenvalue weighted by molar-refractivity contribution is -0.138. The van der Waals surface area contributed by atoms with Gasteiger partial charge >= 0.3 is 5.97 Å². The molecule has 1 aromatic heterocycles. The maximum Gasteiger partial charge on any atom is 0.304 e. The highest BCUT2D eigenvalue weighted by Crippen LogP contribution is 2.30. The average molecular weight is 197 g/mol. The zero-order valence-corrected chi connectivity index (χ0v) is 8.36. The van der Waals surface area contributed by atoms with Crippen molar-refractivity contribution in [3.63, 3.8) is 0 Å². The summed E-state index contributed by atoms with van der Waals surface area (Å²) in [4.78, 5) is 10.7. The van der Waals surface area contributed by atoms with Gasteiger partial charge in [0.15, 0.2) is 0 Å². The lowest BCUT2D eigenvalue weighted by Crippen LogP contribution is -2.42. The third-order valence-corrected chi connectivity index (χ3v) is 2.61. The van der Waals surface area contributed by atoms with Crippen LogP contribution in [0.25, 0.3) is 0 Å². The van der Waals surface area contributed by atoms with E-state index in [1.54, 1.807) is 26.0 Å². The summed E-state index contributed by atoms with van der Waals surface area (Å²) >= 11 is 0. The van der Waals surface area contributed by atoms with E-state index in [-0.39, 0.29) is 12.5 Å². The summed E-state index contributed by atoms with van der Waals surface area (Å²) in [6, 6.07) is 3.22. The molecule has 0 aliphatic heterocycles. The summed E-state index contributed by atoms with van der Waals surface area (Å²) in [7, 11) is 0. The Balaban J connectivity index is 2.99. The Morgan fingerprint density at radius 2 is 2.43 bits per heavy atom. The van der Waals surface area contributed by atoms with Gasteiger partial charge in [0, 0.05) is 6.04 Å². The average Bonchev–Trinajstić information content (AvgIpc) is 2.53. The maximum absolute atomic E-state index is 10.7. The van der Waals surface area contributed by atoms with Crippen LogP contribution in [0.4, 0.5) is 0 Å². The van der Waals surface area contributed by atoms with Gasteiger partial charge in [-0.1, -0.05) is 6.92 Å². The number of rotatable bonds is 4. The zero-order chi connectivity index (χ0) is 10.8. The first-order chi connectivity index (χ1) is 6.47. The summed E-state index contributed by atoms with van der Waals surface area (Å²) in [5.74, 6) is -0.254. The maximum atomic E-state index is 10.7. The molecule has 0 aliphatic rings. The molecule has 0 radical (unpaired) electrons. The normalized spacial score (nSPS) is 17.4. The molecular weight excluding hydrogens is 182 g/mol. The van der Waals surface area contributed by atoms with E-state index < -0.39 is 11.4 Å². The van der Waals surface area contributed by atoms with E-state index in [9.17, 15) is 4.79 Å². The summed E-state index contributed by atoms with van der Waals surface area (Å²) in [6.45, 7) is 3.58. The van der Waals surface area contributed by atoms with E-state index in [1.807, 2.05) is 0 Å². The van der Waals surface area contributed by atoms with Gasteiger partial charge in [-0.25, -0.2) is 0 Å². The predicted octanol–water partition coefficient (Wildman–Crippen LogP) is 1.36. The van der Waals surface area contributed by atoms with E-state index in [0.29, 0.717) is 5.76 Å². The topological polar surface area (TPSA) is 76.5 Å². The first-order valence-electron chi connectivity index (χ1n) is 4.48. The van der Waals surface area contributed by atoms with Gasteiger partial charge in [-0.15, -0.1) is 0 Å². The first-order valence-corrected chi connectivity index (χ1v) is 4.48. The Labute approximate surface area is 82.7 Å². The van der Waals surface area contributed by atoms with Crippen LogP contribution < -0.4 is 5.73 Å². The van der Waals surface area contributed by atoms with Crippen LogP contribution in [0.5, 0.6) is 0 Å². The Hall–Kier alpha value is -1.29. The van der Waals surface area contributed by atoms with Gasteiger partial charge < -0.3 is 15.3 Å². The van der Waals surface area contributed by atoms with Crippen LogP contribution in [0.2, 0.25) is 0 Å². The molecular formula is C10H15NO3. The molecule has 78 valence electrons.